The Labute approximate surface area is 235 Å². The summed E-state index contributed by atoms with van der Waals surface area (Å²) in [5, 5.41) is 6.96. The van der Waals surface area contributed by atoms with Crippen LogP contribution in [-0.4, -0.2) is 16.4 Å². The van der Waals surface area contributed by atoms with Gasteiger partial charge in [0.25, 0.3) is 11.8 Å². The highest BCUT2D eigenvalue weighted by atomic mass is 16.2. The summed E-state index contributed by atoms with van der Waals surface area (Å²) < 4.78 is 2.05. The van der Waals surface area contributed by atoms with E-state index in [2.05, 4.69) is 55.7 Å². The molecule has 5 heteroatoms. The summed E-state index contributed by atoms with van der Waals surface area (Å²) in [4.78, 5) is 26.3. The molecule has 0 aliphatic heterocycles. The lowest BCUT2D eigenvalue weighted by atomic mass is 9.87. The van der Waals surface area contributed by atoms with Crippen LogP contribution >= 0.6 is 0 Å². The number of aromatic nitrogens is 1. The quantitative estimate of drug-likeness (QED) is 0.230. The van der Waals surface area contributed by atoms with E-state index in [0.29, 0.717) is 30.0 Å². The summed E-state index contributed by atoms with van der Waals surface area (Å²) in [6.45, 7) is 9.59. The van der Waals surface area contributed by atoms with Crippen LogP contribution in [0.4, 0.5) is 5.69 Å². The van der Waals surface area contributed by atoms with Gasteiger partial charge in [0.15, 0.2) is 0 Å². The van der Waals surface area contributed by atoms with Crippen molar-refractivity contribution in [1.82, 2.24) is 9.88 Å². The fraction of sp³-hybridized carbons (Fsp3) is 0.200. The van der Waals surface area contributed by atoms with Gasteiger partial charge in [0, 0.05) is 35.2 Å². The molecule has 202 valence electrons. The number of nitrogens with one attached hydrogen (secondary N) is 2. The first-order valence-corrected chi connectivity index (χ1v) is 13.6. The maximum Gasteiger partial charge on any atom is 0.268 e. The second kappa shape index (κ2) is 11.2. The fourth-order valence-electron chi connectivity index (χ4n) is 4.78. The molecule has 5 nitrogen and oxygen atoms in total. The van der Waals surface area contributed by atoms with Crippen LogP contribution in [-0.2, 0) is 18.5 Å². The van der Waals surface area contributed by atoms with Crippen LogP contribution in [0.25, 0.3) is 10.9 Å². The second-order valence-corrected chi connectivity index (χ2v) is 11.3. The maximum absolute atomic E-state index is 13.5. The number of fused-ring (bicyclic) bond motifs is 1. The Kier molecular flexibility index (Phi) is 7.56. The summed E-state index contributed by atoms with van der Waals surface area (Å²) in [6.07, 6.45) is 0. The van der Waals surface area contributed by atoms with Gasteiger partial charge in [-0.1, -0.05) is 93.1 Å². The Morgan fingerprint density at radius 3 is 2.12 bits per heavy atom. The van der Waals surface area contributed by atoms with E-state index in [-0.39, 0.29) is 17.2 Å². The molecule has 0 aliphatic rings. The number of aryl methyl sites for hydroxylation is 1. The molecule has 4 aromatic carbocycles. The summed E-state index contributed by atoms with van der Waals surface area (Å²) in [5.74, 6) is -0.310. The average Bonchev–Trinajstić information content (AvgIpc) is 3.30. The van der Waals surface area contributed by atoms with Gasteiger partial charge >= 0.3 is 0 Å². The van der Waals surface area contributed by atoms with Crippen molar-refractivity contribution in [2.75, 3.05) is 5.32 Å². The number of carbonyl (C=O) groups is 2. The van der Waals surface area contributed by atoms with Crippen LogP contribution in [0.15, 0.2) is 103 Å². The van der Waals surface area contributed by atoms with E-state index in [1.54, 1.807) is 0 Å². The molecule has 0 unspecified atom stereocenters. The molecule has 0 fully saturated rings. The highest BCUT2D eigenvalue weighted by molar-refractivity contribution is 6.06. The van der Waals surface area contributed by atoms with E-state index in [0.717, 1.165) is 27.6 Å². The molecular formula is C35H35N3O2. The van der Waals surface area contributed by atoms with E-state index in [4.69, 9.17) is 0 Å². The molecule has 1 heterocycles. The standard InChI is InChI=1S/C35H35N3O2/c1-24-10-14-27(15-11-24)33(39)37-30-18-19-31-28(20-30)21-32(34(40)36-22-25-8-6-5-7-9-25)38(31)23-26-12-16-29(17-13-26)35(2,3)4/h5-21H,22-23H2,1-4H3,(H,36,40)(H,37,39). The van der Waals surface area contributed by atoms with Crippen LogP contribution in [0.3, 0.4) is 0 Å². The third-order valence-electron chi connectivity index (χ3n) is 7.16. The first kappa shape index (κ1) is 26.9. The van der Waals surface area contributed by atoms with Gasteiger partial charge in [0.2, 0.25) is 0 Å². The zero-order chi connectivity index (χ0) is 28.3. The summed E-state index contributed by atoms with van der Waals surface area (Å²) in [6, 6.07) is 33.6. The van der Waals surface area contributed by atoms with E-state index < -0.39 is 0 Å². The van der Waals surface area contributed by atoms with Crippen molar-refractivity contribution < 1.29 is 9.59 Å². The van der Waals surface area contributed by atoms with Gasteiger partial charge in [-0.05, 0) is 65.4 Å². The van der Waals surface area contributed by atoms with Crippen molar-refractivity contribution in [3.8, 4) is 0 Å². The van der Waals surface area contributed by atoms with Crippen LogP contribution in [0.5, 0.6) is 0 Å². The molecule has 5 rings (SSSR count). The molecule has 0 aliphatic carbocycles. The lowest BCUT2D eigenvalue weighted by molar-refractivity contribution is 0.0941. The SMILES string of the molecule is Cc1ccc(C(=O)Nc2ccc3c(c2)cc(C(=O)NCc2ccccc2)n3Cc2ccc(C(C)(C)C)cc2)cc1. The number of nitrogens with zero attached hydrogens (tertiary/aromatic N) is 1. The largest absolute Gasteiger partial charge is 0.347 e. The molecule has 0 bridgehead atoms. The van der Waals surface area contributed by atoms with Gasteiger partial charge in [-0.3, -0.25) is 9.59 Å². The van der Waals surface area contributed by atoms with Crippen molar-refractivity contribution in [3.05, 3.63) is 137 Å². The normalized spacial score (nSPS) is 11.4. The third-order valence-corrected chi connectivity index (χ3v) is 7.16. The van der Waals surface area contributed by atoms with Gasteiger partial charge in [-0.15, -0.1) is 0 Å². The smallest absolute Gasteiger partial charge is 0.268 e. The van der Waals surface area contributed by atoms with Crippen molar-refractivity contribution in [2.24, 2.45) is 0 Å². The molecule has 1 aromatic heterocycles. The minimum absolute atomic E-state index is 0.0700. The first-order chi connectivity index (χ1) is 19.2. The summed E-state index contributed by atoms with van der Waals surface area (Å²) in [7, 11) is 0. The number of carbonyl (C=O) groups excluding carboxylic acids is 2. The van der Waals surface area contributed by atoms with Gasteiger partial charge in [0.1, 0.15) is 5.69 Å². The number of rotatable bonds is 7. The molecule has 2 amide bonds. The van der Waals surface area contributed by atoms with Crippen molar-refractivity contribution in [2.45, 2.75) is 46.2 Å². The average molecular weight is 530 g/mol. The van der Waals surface area contributed by atoms with Crippen LogP contribution < -0.4 is 10.6 Å². The molecular weight excluding hydrogens is 494 g/mol. The Morgan fingerprint density at radius 2 is 1.45 bits per heavy atom. The van der Waals surface area contributed by atoms with Crippen LogP contribution in [0.2, 0.25) is 0 Å². The molecule has 0 saturated heterocycles. The number of hydrogen-bond acceptors (Lipinski definition) is 2. The van der Waals surface area contributed by atoms with Crippen LogP contribution in [0.1, 0.15) is 63.9 Å². The van der Waals surface area contributed by atoms with Gasteiger partial charge in [0.05, 0.1) is 0 Å². The Morgan fingerprint density at radius 1 is 0.750 bits per heavy atom. The molecule has 0 spiro atoms. The summed E-state index contributed by atoms with van der Waals surface area (Å²) in [5.41, 5.74) is 7.38. The highest BCUT2D eigenvalue weighted by Crippen LogP contribution is 2.27. The van der Waals surface area contributed by atoms with Crippen molar-refractivity contribution in [3.63, 3.8) is 0 Å². The Hall–Kier alpha value is -4.64. The molecule has 40 heavy (non-hydrogen) atoms. The van der Waals surface area contributed by atoms with E-state index in [1.807, 2.05) is 90.4 Å². The molecule has 0 atom stereocenters. The molecule has 2 N–H and O–H groups in total. The van der Waals surface area contributed by atoms with Crippen molar-refractivity contribution in [1.29, 1.82) is 0 Å². The predicted octanol–water partition coefficient (Wildman–Crippen LogP) is 7.48. The number of benzene rings is 4. The minimum atomic E-state index is -0.168. The lowest BCUT2D eigenvalue weighted by Crippen LogP contribution is -2.25. The monoisotopic (exact) mass is 529 g/mol. The Bertz CT molecular complexity index is 1640. The zero-order valence-electron chi connectivity index (χ0n) is 23.5. The second-order valence-electron chi connectivity index (χ2n) is 11.3. The topological polar surface area (TPSA) is 63.1 Å². The predicted molar refractivity (Wildman–Crippen MR) is 163 cm³/mol. The Balaban J connectivity index is 1.45. The molecule has 0 saturated carbocycles. The van der Waals surface area contributed by atoms with Crippen LogP contribution in [0, 0.1) is 6.92 Å². The van der Waals surface area contributed by atoms with Gasteiger partial charge < -0.3 is 15.2 Å². The van der Waals surface area contributed by atoms with E-state index in [9.17, 15) is 9.59 Å². The number of amides is 2. The molecule has 0 radical (unpaired) electrons. The number of anilines is 1. The molecule has 5 aromatic rings. The van der Waals surface area contributed by atoms with E-state index >= 15 is 0 Å². The van der Waals surface area contributed by atoms with Gasteiger partial charge in [-0.2, -0.15) is 0 Å². The van der Waals surface area contributed by atoms with E-state index in [1.165, 1.54) is 5.56 Å². The van der Waals surface area contributed by atoms with Gasteiger partial charge in [-0.25, -0.2) is 0 Å². The fourth-order valence-corrected chi connectivity index (χ4v) is 4.78. The maximum atomic E-state index is 13.5. The first-order valence-electron chi connectivity index (χ1n) is 13.6. The van der Waals surface area contributed by atoms with Crippen molar-refractivity contribution >= 4 is 28.4 Å². The third kappa shape index (κ3) is 6.15. The number of hydrogen-bond donors (Lipinski definition) is 2. The minimum Gasteiger partial charge on any atom is -0.347 e. The highest BCUT2D eigenvalue weighted by Gasteiger charge is 2.18. The summed E-state index contributed by atoms with van der Waals surface area (Å²) >= 11 is 0. The lowest BCUT2D eigenvalue weighted by Gasteiger charge is -2.19. The zero-order valence-corrected chi connectivity index (χ0v) is 23.5.